The number of carbonyl (C=O) groups excluding carboxylic acids is 1. The molecule has 0 atom stereocenters. The smallest absolute Gasteiger partial charge is 0.240 e. The Bertz CT molecular complexity index is 247. The van der Waals surface area contributed by atoms with Crippen LogP contribution in [0.4, 0.5) is 0 Å². The zero-order chi connectivity index (χ0) is 8.10. The van der Waals surface area contributed by atoms with Gasteiger partial charge < -0.3 is 5.32 Å². The summed E-state index contributed by atoms with van der Waals surface area (Å²) in [4.78, 5) is 13.4. The number of aliphatic imine (C=N–C) groups is 1. The monoisotopic (exact) mass is 150 g/mol. The third-order valence-corrected chi connectivity index (χ3v) is 1.51. The topological polar surface area (TPSA) is 41.5 Å². The van der Waals surface area contributed by atoms with E-state index in [4.69, 9.17) is 0 Å². The van der Waals surface area contributed by atoms with Crippen LogP contribution in [0.3, 0.4) is 0 Å². The van der Waals surface area contributed by atoms with Crippen LogP contribution < -0.4 is 5.32 Å². The number of isocyanates is 1. The van der Waals surface area contributed by atoms with Crippen molar-refractivity contribution in [3.8, 4) is 0 Å². The van der Waals surface area contributed by atoms with Gasteiger partial charge in [0.05, 0.1) is 11.4 Å². The molecule has 1 rings (SSSR count). The molecule has 0 aromatic carbocycles. The van der Waals surface area contributed by atoms with Crippen LogP contribution in [0.1, 0.15) is 13.3 Å². The summed E-state index contributed by atoms with van der Waals surface area (Å²) in [5.74, 6) is 0. The Labute approximate surface area is 65.5 Å². The summed E-state index contributed by atoms with van der Waals surface area (Å²) < 4.78 is 0. The van der Waals surface area contributed by atoms with Gasteiger partial charge in [0.2, 0.25) is 6.08 Å². The Hall–Kier alpha value is -1.34. The van der Waals surface area contributed by atoms with Gasteiger partial charge in [-0.25, -0.2) is 4.79 Å². The highest BCUT2D eigenvalue weighted by Crippen LogP contribution is 2.07. The molecule has 0 fully saturated rings. The van der Waals surface area contributed by atoms with Gasteiger partial charge in [-0.3, -0.25) is 0 Å². The lowest BCUT2D eigenvalue weighted by Crippen LogP contribution is -2.17. The summed E-state index contributed by atoms with van der Waals surface area (Å²) in [6.45, 7) is 2.69. The molecule has 1 N–H and O–H groups in total. The molecule has 0 saturated carbocycles. The Morgan fingerprint density at radius 3 is 3.18 bits per heavy atom. The third-order valence-electron chi connectivity index (χ3n) is 1.51. The fraction of sp³-hybridized carbons (Fsp3) is 0.375. The normalized spacial score (nSPS) is 20.1. The van der Waals surface area contributed by atoms with Gasteiger partial charge >= 0.3 is 0 Å². The molecule has 3 nitrogen and oxygen atoms in total. The molecular weight excluding hydrogens is 140 g/mol. The summed E-state index contributed by atoms with van der Waals surface area (Å²) in [5.41, 5.74) is 1.61. The molecule has 0 amide bonds. The fourth-order valence-electron chi connectivity index (χ4n) is 0.927. The van der Waals surface area contributed by atoms with Crippen LogP contribution in [-0.2, 0) is 4.79 Å². The number of nitrogens with one attached hydrogen (secondary N) is 1. The summed E-state index contributed by atoms with van der Waals surface area (Å²) in [6.07, 6.45) is 6.52. The van der Waals surface area contributed by atoms with Crippen LogP contribution in [-0.4, -0.2) is 12.6 Å². The van der Waals surface area contributed by atoms with Gasteiger partial charge in [-0.15, -0.1) is 0 Å². The summed E-state index contributed by atoms with van der Waals surface area (Å²) in [6, 6.07) is 0. The average Bonchev–Trinajstić information content (AvgIpc) is 2.07. The fourth-order valence-corrected chi connectivity index (χ4v) is 0.927. The minimum Gasteiger partial charge on any atom is -0.383 e. The van der Waals surface area contributed by atoms with Crippen molar-refractivity contribution in [3.05, 3.63) is 23.5 Å². The lowest BCUT2D eigenvalue weighted by Gasteiger charge is -2.11. The Kier molecular flexibility index (Phi) is 2.64. The minimum atomic E-state index is 0.691. The zero-order valence-corrected chi connectivity index (χ0v) is 6.42. The molecule has 0 radical (unpaired) electrons. The van der Waals surface area contributed by atoms with E-state index in [1.54, 1.807) is 6.92 Å². The molecule has 0 aliphatic carbocycles. The van der Waals surface area contributed by atoms with Crippen molar-refractivity contribution in [1.82, 2.24) is 5.32 Å². The van der Waals surface area contributed by atoms with E-state index in [2.05, 4.69) is 16.4 Å². The van der Waals surface area contributed by atoms with Crippen molar-refractivity contribution >= 4 is 6.08 Å². The SMILES string of the molecule is C/C(N=C=O)=C1/C=CCCN1. The van der Waals surface area contributed by atoms with Gasteiger partial charge in [0.1, 0.15) is 0 Å². The number of hydrogen-bond donors (Lipinski definition) is 1. The van der Waals surface area contributed by atoms with Crippen molar-refractivity contribution in [2.45, 2.75) is 13.3 Å². The molecule has 1 heterocycles. The van der Waals surface area contributed by atoms with Crippen molar-refractivity contribution in [3.63, 3.8) is 0 Å². The molecular formula is C8H10N2O. The van der Waals surface area contributed by atoms with E-state index >= 15 is 0 Å². The maximum atomic E-state index is 9.88. The highest BCUT2D eigenvalue weighted by Gasteiger charge is 1.99. The Balaban J connectivity index is 2.84. The molecule has 58 valence electrons. The molecule has 1 aliphatic heterocycles. The van der Waals surface area contributed by atoms with E-state index in [1.807, 2.05) is 6.08 Å². The van der Waals surface area contributed by atoms with Crippen LogP contribution >= 0.6 is 0 Å². The summed E-state index contributed by atoms with van der Waals surface area (Å²) >= 11 is 0. The Morgan fingerprint density at radius 1 is 1.82 bits per heavy atom. The van der Waals surface area contributed by atoms with Gasteiger partial charge in [-0.1, -0.05) is 6.08 Å². The maximum absolute atomic E-state index is 9.88. The first-order valence-electron chi connectivity index (χ1n) is 3.54. The zero-order valence-electron chi connectivity index (χ0n) is 6.42. The van der Waals surface area contributed by atoms with Crippen LogP contribution in [0.25, 0.3) is 0 Å². The molecule has 0 spiro atoms. The number of rotatable bonds is 1. The van der Waals surface area contributed by atoms with Crippen LogP contribution in [0, 0.1) is 0 Å². The van der Waals surface area contributed by atoms with Crippen LogP contribution in [0.15, 0.2) is 28.5 Å². The van der Waals surface area contributed by atoms with E-state index < -0.39 is 0 Å². The molecule has 0 bridgehead atoms. The minimum absolute atomic E-state index is 0.691. The first-order valence-corrected chi connectivity index (χ1v) is 3.54. The first-order chi connectivity index (χ1) is 5.34. The third kappa shape index (κ3) is 2.06. The predicted molar refractivity (Wildman–Crippen MR) is 42.6 cm³/mol. The van der Waals surface area contributed by atoms with Gasteiger partial charge in [-0.05, 0) is 19.4 Å². The van der Waals surface area contributed by atoms with E-state index in [1.165, 1.54) is 6.08 Å². The number of hydrogen-bond acceptors (Lipinski definition) is 3. The maximum Gasteiger partial charge on any atom is 0.240 e. The number of allylic oxidation sites excluding steroid dienone is 2. The van der Waals surface area contributed by atoms with Crippen molar-refractivity contribution in [2.24, 2.45) is 4.99 Å². The van der Waals surface area contributed by atoms with Crippen molar-refractivity contribution in [2.75, 3.05) is 6.54 Å². The summed E-state index contributed by atoms with van der Waals surface area (Å²) in [5, 5.41) is 3.12. The predicted octanol–water partition coefficient (Wildman–Crippen LogP) is 1.10. The van der Waals surface area contributed by atoms with Gasteiger partial charge in [-0.2, -0.15) is 4.99 Å². The summed E-state index contributed by atoms with van der Waals surface area (Å²) in [7, 11) is 0. The largest absolute Gasteiger partial charge is 0.383 e. The van der Waals surface area contributed by atoms with Crippen LogP contribution in [0.5, 0.6) is 0 Å². The molecule has 0 aromatic rings. The Morgan fingerprint density at radius 2 is 2.64 bits per heavy atom. The van der Waals surface area contributed by atoms with E-state index in [0.29, 0.717) is 5.70 Å². The molecule has 0 aromatic heterocycles. The van der Waals surface area contributed by atoms with Gasteiger partial charge in [0, 0.05) is 6.54 Å². The van der Waals surface area contributed by atoms with Crippen LogP contribution in [0.2, 0.25) is 0 Å². The van der Waals surface area contributed by atoms with Crippen molar-refractivity contribution in [1.29, 1.82) is 0 Å². The second-order valence-corrected chi connectivity index (χ2v) is 2.32. The molecule has 0 saturated heterocycles. The molecule has 0 unspecified atom stereocenters. The first kappa shape index (κ1) is 7.76. The average molecular weight is 150 g/mol. The second kappa shape index (κ2) is 3.74. The van der Waals surface area contributed by atoms with Gasteiger partial charge in [0.15, 0.2) is 0 Å². The lowest BCUT2D eigenvalue weighted by molar-refractivity contribution is 0.564. The van der Waals surface area contributed by atoms with E-state index in [0.717, 1.165) is 18.7 Å². The van der Waals surface area contributed by atoms with Gasteiger partial charge in [0.25, 0.3) is 0 Å². The molecule has 3 heteroatoms. The standard InChI is InChI=1S/C8H10N2O/c1-7(10-6-11)8-4-2-3-5-9-8/h2,4,9H,3,5H2,1H3/b8-7+. The highest BCUT2D eigenvalue weighted by atomic mass is 16.1. The molecule has 11 heavy (non-hydrogen) atoms. The number of nitrogens with zero attached hydrogens (tertiary/aromatic N) is 1. The molecule has 1 aliphatic rings. The van der Waals surface area contributed by atoms with E-state index in [9.17, 15) is 4.79 Å². The highest BCUT2D eigenvalue weighted by molar-refractivity contribution is 5.39. The quantitative estimate of drug-likeness (QED) is 0.449. The van der Waals surface area contributed by atoms with Crippen molar-refractivity contribution < 1.29 is 4.79 Å². The second-order valence-electron chi connectivity index (χ2n) is 2.32. The van der Waals surface area contributed by atoms with E-state index in [-0.39, 0.29) is 0 Å². The lowest BCUT2D eigenvalue weighted by atomic mass is 10.2.